The summed E-state index contributed by atoms with van der Waals surface area (Å²) in [6.45, 7) is 0.771. The van der Waals surface area contributed by atoms with Gasteiger partial charge in [-0.3, -0.25) is 4.79 Å². The number of aromatic nitrogens is 2. The van der Waals surface area contributed by atoms with Gasteiger partial charge >= 0.3 is 0 Å². The minimum atomic E-state index is -0.285. The second-order valence-electron chi connectivity index (χ2n) is 5.86. The zero-order valence-electron chi connectivity index (χ0n) is 13.3. The molecule has 25 heavy (non-hydrogen) atoms. The van der Waals surface area contributed by atoms with E-state index in [1.807, 2.05) is 29.2 Å². The Balaban J connectivity index is 1.72. The molecule has 1 aliphatic rings. The summed E-state index contributed by atoms with van der Waals surface area (Å²) in [5.41, 5.74) is 3.74. The Morgan fingerprint density at radius 3 is 2.72 bits per heavy atom. The van der Waals surface area contributed by atoms with Gasteiger partial charge in [0.1, 0.15) is 5.82 Å². The average molecular weight is 334 g/mol. The molecule has 124 valence electrons. The van der Waals surface area contributed by atoms with Crippen molar-refractivity contribution in [1.82, 2.24) is 10.2 Å². The molecule has 0 radical (unpaired) electrons. The summed E-state index contributed by atoms with van der Waals surface area (Å²) in [6, 6.07) is 14.0. The van der Waals surface area contributed by atoms with Gasteiger partial charge in [-0.05, 0) is 29.3 Å². The highest BCUT2D eigenvalue weighted by Gasteiger charge is 2.20. The molecule has 0 fully saturated rings. The van der Waals surface area contributed by atoms with Crippen LogP contribution in [0.4, 0.5) is 15.8 Å². The van der Waals surface area contributed by atoms with E-state index in [1.54, 1.807) is 30.6 Å². The molecule has 6 heteroatoms. The van der Waals surface area contributed by atoms with Gasteiger partial charge in [0.25, 0.3) is 0 Å². The standard InChI is InChI=1S/C19H15FN4O/c20-17-4-2-1-3-16(17)13-5-6-14-11-24(15-7-8-21-22-10-15)12-19(25)23-18(14)9-13/h1-10H,11-12H2,(H,23,25). The van der Waals surface area contributed by atoms with E-state index in [9.17, 15) is 9.18 Å². The van der Waals surface area contributed by atoms with Gasteiger partial charge in [0.05, 0.1) is 24.6 Å². The SMILES string of the molecule is O=C1CN(c2ccnnc2)Cc2ccc(-c3ccccc3F)cc2N1. The number of benzene rings is 2. The van der Waals surface area contributed by atoms with Crippen molar-refractivity contribution in [1.29, 1.82) is 0 Å². The topological polar surface area (TPSA) is 58.1 Å². The molecule has 0 bridgehead atoms. The molecule has 0 saturated carbocycles. The van der Waals surface area contributed by atoms with Gasteiger partial charge in [-0.2, -0.15) is 10.2 Å². The largest absolute Gasteiger partial charge is 0.356 e. The fraction of sp³-hybridized carbons (Fsp3) is 0.105. The van der Waals surface area contributed by atoms with Crippen molar-refractivity contribution in [3.63, 3.8) is 0 Å². The summed E-state index contributed by atoms with van der Waals surface area (Å²) < 4.78 is 14.0. The molecule has 0 spiro atoms. The number of nitrogens with zero attached hydrogens (tertiary/aromatic N) is 3. The van der Waals surface area contributed by atoms with Crippen molar-refractivity contribution in [3.05, 3.63) is 72.3 Å². The number of carbonyl (C=O) groups excluding carboxylic acids is 1. The lowest BCUT2D eigenvalue weighted by atomic mass is 10.0. The van der Waals surface area contributed by atoms with Gasteiger partial charge in [-0.1, -0.05) is 30.3 Å². The molecule has 2 heterocycles. The van der Waals surface area contributed by atoms with Crippen LogP contribution < -0.4 is 10.2 Å². The molecule has 0 atom stereocenters. The number of carbonyl (C=O) groups is 1. The van der Waals surface area contributed by atoms with Gasteiger partial charge in [0.2, 0.25) is 5.91 Å². The van der Waals surface area contributed by atoms with Crippen LogP contribution in [0, 0.1) is 5.82 Å². The molecule has 0 aliphatic carbocycles. The fourth-order valence-electron chi connectivity index (χ4n) is 2.97. The third kappa shape index (κ3) is 3.06. The molecular formula is C19H15FN4O. The Labute approximate surface area is 144 Å². The first-order valence-corrected chi connectivity index (χ1v) is 7.90. The van der Waals surface area contributed by atoms with Gasteiger partial charge in [0, 0.05) is 17.8 Å². The van der Waals surface area contributed by atoms with Crippen molar-refractivity contribution in [3.8, 4) is 11.1 Å². The van der Waals surface area contributed by atoms with Gasteiger partial charge < -0.3 is 10.2 Å². The molecule has 1 aliphatic heterocycles. The number of halogens is 1. The molecule has 2 aromatic carbocycles. The lowest BCUT2D eigenvalue weighted by Gasteiger charge is -2.21. The summed E-state index contributed by atoms with van der Waals surface area (Å²) in [6.07, 6.45) is 3.23. The van der Waals surface area contributed by atoms with E-state index in [4.69, 9.17) is 0 Å². The molecule has 1 aromatic heterocycles. The first-order valence-electron chi connectivity index (χ1n) is 7.90. The molecule has 0 saturated heterocycles. The van der Waals surface area contributed by atoms with E-state index in [0.717, 1.165) is 16.8 Å². The molecule has 3 aromatic rings. The smallest absolute Gasteiger partial charge is 0.243 e. The third-order valence-electron chi connectivity index (χ3n) is 4.20. The third-order valence-corrected chi connectivity index (χ3v) is 4.20. The minimum Gasteiger partial charge on any atom is -0.356 e. The highest BCUT2D eigenvalue weighted by molar-refractivity contribution is 5.96. The van der Waals surface area contributed by atoms with Crippen LogP contribution in [0.25, 0.3) is 11.1 Å². The van der Waals surface area contributed by atoms with Gasteiger partial charge in [-0.25, -0.2) is 4.39 Å². The average Bonchev–Trinajstić information content (AvgIpc) is 2.80. The van der Waals surface area contributed by atoms with Crippen molar-refractivity contribution in [2.24, 2.45) is 0 Å². The van der Waals surface area contributed by atoms with Crippen LogP contribution in [-0.2, 0) is 11.3 Å². The van der Waals surface area contributed by atoms with Crippen LogP contribution >= 0.6 is 0 Å². The minimum absolute atomic E-state index is 0.124. The maximum atomic E-state index is 14.0. The molecule has 0 unspecified atom stereocenters. The lowest BCUT2D eigenvalue weighted by Crippen LogP contribution is -2.29. The fourth-order valence-corrected chi connectivity index (χ4v) is 2.97. The second-order valence-corrected chi connectivity index (χ2v) is 5.86. The number of amides is 1. The predicted octanol–water partition coefficient (Wildman–Crippen LogP) is 3.24. The van der Waals surface area contributed by atoms with Crippen molar-refractivity contribution >= 4 is 17.3 Å². The number of rotatable bonds is 2. The summed E-state index contributed by atoms with van der Waals surface area (Å²) in [4.78, 5) is 14.2. The van der Waals surface area contributed by atoms with E-state index < -0.39 is 0 Å². The first-order chi connectivity index (χ1) is 12.2. The summed E-state index contributed by atoms with van der Waals surface area (Å²) >= 11 is 0. The van der Waals surface area contributed by atoms with Crippen LogP contribution in [-0.4, -0.2) is 22.6 Å². The number of hydrogen-bond acceptors (Lipinski definition) is 4. The molecule has 4 rings (SSSR count). The van der Waals surface area contributed by atoms with E-state index in [-0.39, 0.29) is 18.3 Å². The lowest BCUT2D eigenvalue weighted by molar-refractivity contribution is -0.114. The highest BCUT2D eigenvalue weighted by atomic mass is 19.1. The van der Waals surface area contributed by atoms with Crippen LogP contribution in [0.2, 0.25) is 0 Å². The predicted molar refractivity (Wildman–Crippen MR) is 93.5 cm³/mol. The van der Waals surface area contributed by atoms with E-state index in [0.29, 0.717) is 17.8 Å². The van der Waals surface area contributed by atoms with Crippen LogP contribution in [0.1, 0.15) is 5.56 Å². The number of hydrogen-bond donors (Lipinski definition) is 1. The van der Waals surface area contributed by atoms with Crippen LogP contribution in [0.5, 0.6) is 0 Å². The van der Waals surface area contributed by atoms with Gasteiger partial charge in [0.15, 0.2) is 0 Å². The van der Waals surface area contributed by atoms with Crippen molar-refractivity contribution < 1.29 is 9.18 Å². The Morgan fingerprint density at radius 2 is 1.92 bits per heavy atom. The normalized spacial score (nSPS) is 13.8. The maximum absolute atomic E-state index is 14.0. The van der Waals surface area contributed by atoms with Crippen LogP contribution in [0.15, 0.2) is 60.9 Å². The van der Waals surface area contributed by atoms with Gasteiger partial charge in [-0.15, -0.1) is 0 Å². The summed E-state index contributed by atoms with van der Waals surface area (Å²) in [5, 5.41) is 10.6. The molecule has 5 nitrogen and oxygen atoms in total. The Bertz CT molecular complexity index is 930. The molecular weight excluding hydrogens is 319 g/mol. The molecule has 1 amide bonds. The van der Waals surface area contributed by atoms with E-state index in [2.05, 4.69) is 15.5 Å². The first kappa shape index (κ1) is 15.3. The Hall–Kier alpha value is -3.28. The zero-order valence-corrected chi connectivity index (χ0v) is 13.3. The van der Waals surface area contributed by atoms with Crippen LogP contribution in [0.3, 0.4) is 0 Å². The Kier molecular flexibility index (Phi) is 3.85. The van der Waals surface area contributed by atoms with Crippen molar-refractivity contribution in [2.45, 2.75) is 6.54 Å². The quantitative estimate of drug-likeness (QED) is 0.782. The summed E-state index contributed by atoms with van der Waals surface area (Å²) in [7, 11) is 0. The number of nitrogens with one attached hydrogen (secondary N) is 1. The van der Waals surface area contributed by atoms with E-state index in [1.165, 1.54) is 6.07 Å². The monoisotopic (exact) mass is 334 g/mol. The second kappa shape index (κ2) is 6.32. The van der Waals surface area contributed by atoms with Crippen molar-refractivity contribution in [2.75, 3.05) is 16.8 Å². The molecule has 1 N–H and O–H groups in total. The highest BCUT2D eigenvalue weighted by Crippen LogP contribution is 2.30. The maximum Gasteiger partial charge on any atom is 0.243 e. The number of fused-ring (bicyclic) bond motifs is 1. The summed E-state index contributed by atoms with van der Waals surface area (Å²) in [5.74, 6) is -0.409. The number of anilines is 2. The zero-order chi connectivity index (χ0) is 17.2. The van der Waals surface area contributed by atoms with E-state index >= 15 is 0 Å². The Morgan fingerprint density at radius 1 is 1.04 bits per heavy atom.